The van der Waals surface area contributed by atoms with Crippen LogP contribution in [0.3, 0.4) is 0 Å². The van der Waals surface area contributed by atoms with Crippen molar-refractivity contribution in [1.29, 1.82) is 0 Å². The molecular weight excluding hydrogens is 288 g/mol. The van der Waals surface area contributed by atoms with Gasteiger partial charge in [0.15, 0.2) is 5.13 Å². The van der Waals surface area contributed by atoms with Crippen LogP contribution in [0.15, 0.2) is 9.90 Å². The molecule has 2 atom stereocenters. The molecule has 0 aromatic carbocycles. The number of hydrogen-bond donors (Lipinski definition) is 1. The van der Waals surface area contributed by atoms with Crippen molar-refractivity contribution in [2.45, 2.75) is 45.1 Å². The fourth-order valence-corrected chi connectivity index (χ4v) is 3.61. The third-order valence-electron chi connectivity index (χ3n) is 3.95. The van der Waals surface area contributed by atoms with E-state index in [4.69, 9.17) is 15.0 Å². The van der Waals surface area contributed by atoms with Crippen molar-refractivity contribution >= 4 is 16.5 Å². The first kappa shape index (κ1) is 14.5. The zero-order valence-electron chi connectivity index (χ0n) is 12.3. The van der Waals surface area contributed by atoms with Crippen molar-refractivity contribution in [2.75, 3.05) is 12.3 Å². The van der Waals surface area contributed by atoms with Gasteiger partial charge in [0.1, 0.15) is 11.3 Å². The molecule has 2 heterocycles. The molecule has 0 spiro atoms. The minimum atomic E-state index is -0.421. The van der Waals surface area contributed by atoms with E-state index in [-0.39, 0.29) is 0 Å². The number of ether oxygens (including phenoxy) is 1. The Labute approximate surface area is 127 Å². The third-order valence-corrected chi connectivity index (χ3v) is 4.62. The van der Waals surface area contributed by atoms with Gasteiger partial charge in [0.2, 0.25) is 5.82 Å². The van der Waals surface area contributed by atoms with Gasteiger partial charge < -0.3 is 15.0 Å². The van der Waals surface area contributed by atoms with Crippen LogP contribution in [0.1, 0.15) is 45.4 Å². The lowest BCUT2D eigenvalue weighted by Crippen LogP contribution is -2.36. The molecule has 2 aromatic rings. The Morgan fingerprint density at radius 3 is 3.05 bits per heavy atom. The summed E-state index contributed by atoms with van der Waals surface area (Å²) in [4.78, 5) is 8.71. The first-order valence-corrected chi connectivity index (χ1v) is 8.20. The van der Waals surface area contributed by atoms with Gasteiger partial charge in [-0.25, -0.2) is 4.98 Å². The van der Waals surface area contributed by atoms with Crippen LogP contribution in [0.25, 0.3) is 11.6 Å². The molecule has 2 aromatic heterocycles. The summed E-state index contributed by atoms with van der Waals surface area (Å²) in [5.74, 6) is 1.65. The number of aromatic nitrogens is 3. The monoisotopic (exact) mass is 308 g/mol. The summed E-state index contributed by atoms with van der Waals surface area (Å²) in [7, 11) is 0. The molecule has 0 bridgehead atoms. The van der Waals surface area contributed by atoms with E-state index in [1.807, 2.05) is 12.3 Å². The summed E-state index contributed by atoms with van der Waals surface area (Å²) in [5.41, 5.74) is 5.86. The summed E-state index contributed by atoms with van der Waals surface area (Å²) < 4.78 is 11.4. The van der Waals surface area contributed by atoms with Crippen LogP contribution in [-0.4, -0.2) is 21.7 Å². The van der Waals surface area contributed by atoms with E-state index < -0.39 is 5.60 Å². The Bertz CT molecular complexity index is 608. The Morgan fingerprint density at radius 1 is 1.52 bits per heavy atom. The first-order valence-electron chi connectivity index (χ1n) is 7.32. The zero-order chi connectivity index (χ0) is 14.9. The number of nitrogen functional groups attached to an aromatic ring is 1. The highest BCUT2D eigenvalue weighted by Crippen LogP contribution is 2.42. The summed E-state index contributed by atoms with van der Waals surface area (Å²) in [6.07, 6.45) is 4.21. The van der Waals surface area contributed by atoms with Crippen molar-refractivity contribution in [2.24, 2.45) is 5.92 Å². The second-order valence-corrected chi connectivity index (χ2v) is 6.51. The minimum absolute atomic E-state index is 0.412. The summed E-state index contributed by atoms with van der Waals surface area (Å²) in [6, 6.07) is 0. The third kappa shape index (κ3) is 2.80. The molecule has 0 radical (unpaired) electrons. The molecule has 2 unspecified atom stereocenters. The van der Waals surface area contributed by atoms with Crippen molar-refractivity contribution in [3.63, 3.8) is 0 Å². The van der Waals surface area contributed by atoms with Crippen molar-refractivity contribution in [3.05, 3.63) is 11.2 Å². The van der Waals surface area contributed by atoms with Gasteiger partial charge in [0, 0.05) is 12.0 Å². The van der Waals surface area contributed by atoms with Gasteiger partial charge in [-0.3, -0.25) is 0 Å². The van der Waals surface area contributed by atoms with Crippen LogP contribution in [0.5, 0.6) is 0 Å². The van der Waals surface area contributed by atoms with Crippen LogP contribution in [0.4, 0.5) is 5.13 Å². The number of nitrogens with two attached hydrogens (primary N) is 1. The van der Waals surface area contributed by atoms with Gasteiger partial charge in [0.05, 0.1) is 0 Å². The van der Waals surface area contributed by atoms with E-state index in [2.05, 4.69) is 22.0 Å². The predicted octanol–water partition coefficient (Wildman–Crippen LogP) is 3.22. The van der Waals surface area contributed by atoms with E-state index in [1.54, 1.807) is 0 Å². The molecule has 0 amide bonds. The molecular formula is C14H20N4O2S. The predicted molar refractivity (Wildman–Crippen MR) is 80.8 cm³/mol. The highest BCUT2D eigenvalue weighted by Gasteiger charge is 2.41. The molecule has 0 saturated heterocycles. The lowest BCUT2D eigenvalue weighted by molar-refractivity contribution is -0.0891. The standard InChI is InChI=1S/C14H20N4O2S/c1-3-19-14(6-4-5-9(2)7-14)12-17-11(20-18-12)10-8-21-13(15)16-10/h8-9H,3-7H2,1-2H3,(H2,15,16). The minimum Gasteiger partial charge on any atom is -0.375 e. The quantitative estimate of drug-likeness (QED) is 0.933. The molecule has 1 aliphatic carbocycles. The molecule has 7 heteroatoms. The Morgan fingerprint density at radius 2 is 2.38 bits per heavy atom. The van der Waals surface area contributed by atoms with Crippen LogP contribution in [-0.2, 0) is 10.3 Å². The Kier molecular flexibility index (Phi) is 3.95. The summed E-state index contributed by atoms with van der Waals surface area (Å²) in [5, 5.41) is 6.48. The fraction of sp³-hybridized carbons (Fsp3) is 0.643. The smallest absolute Gasteiger partial charge is 0.277 e. The van der Waals surface area contributed by atoms with Crippen molar-refractivity contribution in [3.8, 4) is 11.6 Å². The van der Waals surface area contributed by atoms with Crippen LogP contribution in [0.2, 0.25) is 0 Å². The molecule has 0 aliphatic heterocycles. The Hall–Kier alpha value is -1.47. The molecule has 1 aliphatic rings. The van der Waals surface area contributed by atoms with Crippen LogP contribution < -0.4 is 5.73 Å². The van der Waals surface area contributed by atoms with Gasteiger partial charge in [-0.2, -0.15) is 4.98 Å². The largest absolute Gasteiger partial charge is 0.375 e. The number of nitrogens with zero attached hydrogens (tertiary/aromatic N) is 3. The average Bonchev–Trinajstić information content (AvgIpc) is 3.07. The molecule has 1 saturated carbocycles. The maximum Gasteiger partial charge on any atom is 0.277 e. The molecule has 21 heavy (non-hydrogen) atoms. The maximum atomic E-state index is 6.05. The van der Waals surface area contributed by atoms with E-state index in [9.17, 15) is 0 Å². The van der Waals surface area contributed by atoms with E-state index in [1.165, 1.54) is 17.8 Å². The second kappa shape index (κ2) is 5.73. The summed E-state index contributed by atoms with van der Waals surface area (Å²) in [6.45, 7) is 4.89. The number of thiazole rings is 1. The number of rotatable bonds is 4. The van der Waals surface area contributed by atoms with E-state index >= 15 is 0 Å². The molecule has 6 nitrogen and oxygen atoms in total. The highest BCUT2D eigenvalue weighted by molar-refractivity contribution is 7.13. The van der Waals surface area contributed by atoms with Crippen molar-refractivity contribution < 1.29 is 9.26 Å². The zero-order valence-corrected chi connectivity index (χ0v) is 13.2. The van der Waals surface area contributed by atoms with Gasteiger partial charge >= 0.3 is 0 Å². The number of hydrogen-bond acceptors (Lipinski definition) is 7. The number of anilines is 1. The molecule has 3 rings (SSSR count). The van der Waals surface area contributed by atoms with Gasteiger partial charge in [0.25, 0.3) is 5.89 Å². The SMILES string of the molecule is CCOC1(c2noc(-c3csc(N)n3)n2)CCCC(C)C1. The van der Waals surface area contributed by atoms with Crippen LogP contribution >= 0.6 is 11.3 Å². The van der Waals surface area contributed by atoms with Crippen LogP contribution in [0, 0.1) is 5.92 Å². The lowest BCUT2D eigenvalue weighted by Gasteiger charge is -2.37. The van der Waals surface area contributed by atoms with Gasteiger partial charge in [-0.05, 0) is 32.1 Å². The summed E-state index contributed by atoms with van der Waals surface area (Å²) >= 11 is 1.36. The Balaban J connectivity index is 1.91. The fourth-order valence-electron chi connectivity index (χ4n) is 3.08. The lowest BCUT2D eigenvalue weighted by atomic mass is 9.78. The maximum absolute atomic E-state index is 6.05. The molecule has 1 fully saturated rings. The van der Waals surface area contributed by atoms with Gasteiger partial charge in [-0.15, -0.1) is 11.3 Å². The normalized spacial score (nSPS) is 26.1. The topological polar surface area (TPSA) is 87.1 Å². The molecule has 114 valence electrons. The van der Waals surface area contributed by atoms with E-state index in [0.717, 1.165) is 19.3 Å². The van der Waals surface area contributed by atoms with E-state index in [0.29, 0.717) is 35.1 Å². The van der Waals surface area contributed by atoms with Crippen molar-refractivity contribution in [1.82, 2.24) is 15.1 Å². The molecule has 2 N–H and O–H groups in total. The van der Waals surface area contributed by atoms with Gasteiger partial charge in [-0.1, -0.05) is 18.5 Å². The second-order valence-electron chi connectivity index (χ2n) is 5.62. The average molecular weight is 308 g/mol. The first-order chi connectivity index (χ1) is 10.1. The highest BCUT2D eigenvalue weighted by atomic mass is 32.1.